The van der Waals surface area contributed by atoms with Gasteiger partial charge in [-0.05, 0) is 35.4 Å². The number of hydrogen-bond acceptors (Lipinski definition) is 3. The summed E-state index contributed by atoms with van der Waals surface area (Å²) in [5, 5.41) is 8.76. The molecule has 1 saturated heterocycles. The average Bonchev–Trinajstić information content (AvgIpc) is 2.69. The van der Waals surface area contributed by atoms with Gasteiger partial charge in [0.05, 0.1) is 0 Å². The van der Waals surface area contributed by atoms with Crippen LogP contribution in [0.1, 0.15) is 29.5 Å². The van der Waals surface area contributed by atoms with Crippen LogP contribution in [0.5, 0.6) is 5.75 Å². The Balaban J connectivity index is 1.41. The summed E-state index contributed by atoms with van der Waals surface area (Å²) < 4.78 is 6.39. The van der Waals surface area contributed by atoms with Crippen LogP contribution in [0, 0.1) is 0 Å². The van der Waals surface area contributed by atoms with Crippen molar-refractivity contribution in [3.63, 3.8) is 0 Å². The Hall–Kier alpha value is -2.85. The number of ether oxygens (including phenoxy) is 1. The summed E-state index contributed by atoms with van der Waals surface area (Å²) in [5.74, 6) is -0.0674. The number of fused-ring (bicyclic) bond motifs is 1. The SMILES string of the molecule is O=C(O)C=Cc1ccc2c(c1)C=CC1(CCN(Cc3ccccc3)CC1)O2. The molecule has 4 heteroatoms. The van der Waals surface area contributed by atoms with Gasteiger partial charge in [0.1, 0.15) is 11.4 Å². The van der Waals surface area contributed by atoms with Crippen LogP contribution in [0.15, 0.2) is 60.7 Å². The van der Waals surface area contributed by atoms with E-state index in [9.17, 15) is 4.79 Å². The van der Waals surface area contributed by atoms with Crippen molar-refractivity contribution in [2.45, 2.75) is 25.0 Å². The molecule has 2 aromatic rings. The standard InChI is InChI=1S/C23H23NO3/c25-22(26)9-7-18-6-8-21-20(16-18)10-11-23(27-21)12-14-24(15-13-23)17-19-4-2-1-3-5-19/h1-11,16H,12-15,17H2,(H,25,26). The van der Waals surface area contributed by atoms with Gasteiger partial charge in [-0.3, -0.25) is 4.90 Å². The van der Waals surface area contributed by atoms with Gasteiger partial charge in [-0.15, -0.1) is 0 Å². The number of likely N-dealkylation sites (tertiary alicyclic amines) is 1. The first-order valence-corrected chi connectivity index (χ1v) is 9.32. The van der Waals surface area contributed by atoms with E-state index in [2.05, 4.69) is 47.4 Å². The molecule has 0 amide bonds. The Morgan fingerprint density at radius 1 is 1.15 bits per heavy atom. The van der Waals surface area contributed by atoms with Gasteiger partial charge in [-0.1, -0.05) is 42.5 Å². The number of rotatable bonds is 4. The lowest BCUT2D eigenvalue weighted by Gasteiger charge is -2.42. The van der Waals surface area contributed by atoms with Gasteiger partial charge < -0.3 is 9.84 Å². The van der Waals surface area contributed by atoms with Crippen molar-refractivity contribution in [3.8, 4) is 5.75 Å². The number of hydrogen-bond donors (Lipinski definition) is 1. The minimum absolute atomic E-state index is 0.224. The maximum atomic E-state index is 10.7. The first-order chi connectivity index (χ1) is 13.1. The van der Waals surface area contributed by atoms with Crippen LogP contribution < -0.4 is 4.74 Å². The largest absolute Gasteiger partial charge is 0.482 e. The molecule has 138 valence electrons. The first kappa shape index (κ1) is 17.6. The lowest BCUT2D eigenvalue weighted by molar-refractivity contribution is -0.131. The molecule has 0 bridgehead atoms. The molecule has 4 nitrogen and oxygen atoms in total. The number of benzene rings is 2. The molecule has 27 heavy (non-hydrogen) atoms. The molecule has 0 radical (unpaired) electrons. The van der Waals surface area contributed by atoms with Crippen LogP contribution in [0.3, 0.4) is 0 Å². The summed E-state index contributed by atoms with van der Waals surface area (Å²) in [6.45, 7) is 3.00. The second kappa shape index (κ2) is 7.41. The van der Waals surface area contributed by atoms with E-state index in [4.69, 9.17) is 9.84 Å². The van der Waals surface area contributed by atoms with Crippen LogP contribution >= 0.6 is 0 Å². The highest BCUT2D eigenvalue weighted by Gasteiger charge is 2.36. The van der Waals surface area contributed by atoms with Gasteiger partial charge in [-0.25, -0.2) is 4.79 Å². The van der Waals surface area contributed by atoms with Crippen molar-refractivity contribution >= 4 is 18.1 Å². The van der Waals surface area contributed by atoms with Crippen molar-refractivity contribution in [3.05, 3.63) is 77.4 Å². The first-order valence-electron chi connectivity index (χ1n) is 9.32. The molecular formula is C23H23NO3. The predicted molar refractivity (Wildman–Crippen MR) is 106 cm³/mol. The van der Waals surface area contributed by atoms with Gasteiger partial charge >= 0.3 is 5.97 Å². The fraction of sp³-hybridized carbons (Fsp3) is 0.261. The van der Waals surface area contributed by atoms with E-state index in [0.717, 1.165) is 55.4 Å². The Bertz CT molecular complexity index is 878. The van der Waals surface area contributed by atoms with Crippen LogP contribution in [-0.4, -0.2) is 34.7 Å². The van der Waals surface area contributed by atoms with E-state index in [0.29, 0.717) is 0 Å². The molecule has 0 aliphatic carbocycles. The highest BCUT2D eigenvalue weighted by Crippen LogP contribution is 2.37. The Morgan fingerprint density at radius 2 is 1.93 bits per heavy atom. The van der Waals surface area contributed by atoms with Crippen molar-refractivity contribution in [2.24, 2.45) is 0 Å². The zero-order valence-electron chi connectivity index (χ0n) is 15.2. The van der Waals surface area contributed by atoms with Crippen molar-refractivity contribution < 1.29 is 14.6 Å². The summed E-state index contributed by atoms with van der Waals surface area (Å²) in [5.41, 5.74) is 2.98. The zero-order chi connectivity index (χ0) is 18.7. The normalized spacial score (nSPS) is 18.4. The third-order valence-electron chi connectivity index (χ3n) is 5.28. The molecule has 1 spiro atoms. The lowest BCUT2D eigenvalue weighted by atomic mass is 9.87. The van der Waals surface area contributed by atoms with Crippen LogP contribution in [0.25, 0.3) is 12.2 Å². The summed E-state index contributed by atoms with van der Waals surface area (Å²) in [6, 6.07) is 16.4. The number of carboxylic acids is 1. The van der Waals surface area contributed by atoms with Gasteiger partial charge in [0.25, 0.3) is 0 Å². The molecule has 0 saturated carbocycles. The zero-order valence-corrected chi connectivity index (χ0v) is 15.2. The smallest absolute Gasteiger partial charge is 0.328 e. The molecular weight excluding hydrogens is 338 g/mol. The molecule has 1 N–H and O–H groups in total. The summed E-state index contributed by atoms with van der Waals surface area (Å²) >= 11 is 0. The Morgan fingerprint density at radius 3 is 2.67 bits per heavy atom. The Labute approximate surface area is 159 Å². The van der Waals surface area contributed by atoms with Gasteiger partial charge in [0, 0.05) is 44.1 Å². The van der Waals surface area contributed by atoms with E-state index >= 15 is 0 Å². The quantitative estimate of drug-likeness (QED) is 0.828. The fourth-order valence-electron chi connectivity index (χ4n) is 3.76. The van der Waals surface area contributed by atoms with E-state index in [1.807, 2.05) is 18.2 Å². The maximum absolute atomic E-state index is 10.7. The Kier molecular flexibility index (Phi) is 4.82. The fourth-order valence-corrected chi connectivity index (χ4v) is 3.76. The molecule has 2 heterocycles. The highest BCUT2D eigenvalue weighted by atomic mass is 16.5. The van der Waals surface area contributed by atoms with E-state index < -0.39 is 5.97 Å². The number of piperidine rings is 1. The van der Waals surface area contributed by atoms with E-state index in [1.54, 1.807) is 6.08 Å². The van der Waals surface area contributed by atoms with Crippen molar-refractivity contribution in [2.75, 3.05) is 13.1 Å². The molecule has 4 rings (SSSR count). The number of aliphatic carboxylic acids is 1. The summed E-state index contributed by atoms with van der Waals surface area (Å²) in [4.78, 5) is 13.2. The molecule has 2 aliphatic rings. The average molecular weight is 361 g/mol. The predicted octanol–water partition coefficient (Wildman–Crippen LogP) is 4.22. The second-order valence-corrected chi connectivity index (χ2v) is 7.23. The number of carbonyl (C=O) groups is 1. The summed E-state index contributed by atoms with van der Waals surface area (Å²) in [7, 11) is 0. The number of nitrogens with zero attached hydrogens (tertiary/aromatic N) is 1. The minimum atomic E-state index is -0.944. The molecule has 0 unspecified atom stereocenters. The summed E-state index contributed by atoms with van der Waals surface area (Å²) in [6.07, 6.45) is 8.98. The van der Waals surface area contributed by atoms with Crippen LogP contribution in [-0.2, 0) is 11.3 Å². The third-order valence-corrected chi connectivity index (χ3v) is 5.28. The molecule has 0 atom stereocenters. The van der Waals surface area contributed by atoms with Crippen molar-refractivity contribution in [1.82, 2.24) is 4.90 Å². The maximum Gasteiger partial charge on any atom is 0.328 e. The van der Waals surface area contributed by atoms with Crippen LogP contribution in [0.2, 0.25) is 0 Å². The van der Waals surface area contributed by atoms with Gasteiger partial charge in [0.15, 0.2) is 0 Å². The molecule has 2 aliphatic heterocycles. The van der Waals surface area contributed by atoms with Crippen LogP contribution in [0.4, 0.5) is 0 Å². The monoisotopic (exact) mass is 361 g/mol. The van der Waals surface area contributed by atoms with Crippen molar-refractivity contribution in [1.29, 1.82) is 0 Å². The topological polar surface area (TPSA) is 49.8 Å². The lowest BCUT2D eigenvalue weighted by Crippen LogP contribution is -2.47. The molecule has 0 aromatic heterocycles. The van der Waals surface area contributed by atoms with Gasteiger partial charge in [-0.2, -0.15) is 0 Å². The highest BCUT2D eigenvalue weighted by molar-refractivity contribution is 5.85. The second-order valence-electron chi connectivity index (χ2n) is 7.23. The van der Waals surface area contributed by atoms with E-state index in [-0.39, 0.29) is 5.60 Å². The molecule has 1 fully saturated rings. The minimum Gasteiger partial charge on any atom is -0.482 e. The molecule has 2 aromatic carbocycles. The van der Waals surface area contributed by atoms with Gasteiger partial charge in [0.2, 0.25) is 0 Å². The number of carboxylic acid groups (broad SMARTS) is 1. The van der Waals surface area contributed by atoms with E-state index in [1.165, 1.54) is 5.56 Å². The third kappa shape index (κ3) is 4.12.